The fourth-order valence-electron chi connectivity index (χ4n) is 2.52. The van der Waals surface area contributed by atoms with E-state index in [1.165, 1.54) is 12.8 Å². The third-order valence-electron chi connectivity index (χ3n) is 4.16. The summed E-state index contributed by atoms with van der Waals surface area (Å²) in [6.07, 6.45) is 4.90. The number of rotatable bonds is 4. The first kappa shape index (κ1) is 14.2. The minimum Gasteiger partial charge on any atom is -0.339 e. The maximum Gasteiger partial charge on any atom is 0.234 e. The van der Waals surface area contributed by atoms with Gasteiger partial charge in [-0.2, -0.15) is 4.98 Å². The van der Waals surface area contributed by atoms with E-state index < -0.39 is 0 Å². The van der Waals surface area contributed by atoms with Crippen LogP contribution in [0.1, 0.15) is 71.0 Å². The summed E-state index contributed by atoms with van der Waals surface area (Å²) in [5.41, 5.74) is 0.441. The van der Waals surface area contributed by atoms with Gasteiger partial charge in [-0.15, -0.1) is 0 Å². The highest BCUT2D eigenvalue weighted by Gasteiger charge is 2.30. The first-order valence-corrected chi connectivity index (χ1v) is 7.22. The highest BCUT2D eigenvalue weighted by atomic mass is 16.5. The van der Waals surface area contributed by atoms with E-state index in [9.17, 15) is 4.79 Å². The predicted octanol–water partition coefficient (Wildman–Crippen LogP) is 3.52. The minimum absolute atomic E-state index is 0.0193. The fourth-order valence-corrected chi connectivity index (χ4v) is 2.52. The molecule has 4 heteroatoms. The van der Waals surface area contributed by atoms with Crippen LogP contribution in [0.25, 0.3) is 0 Å². The van der Waals surface area contributed by atoms with Gasteiger partial charge in [-0.1, -0.05) is 32.9 Å². The van der Waals surface area contributed by atoms with Crippen LogP contribution in [0.2, 0.25) is 0 Å². The van der Waals surface area contributed by atoms with Crippen molar-refractivity contribution in [3.63, 3.8) is 0 Å². The number of hydrogen-bond acceptors (Lipinski definition) is 4. The molecule has 0 amide bonds. The second kappa shape index (κ2) is 5.43. The molecule has 2 rings (SSSR count). The summed E-state index contributed by atoms with van der Waals surface area (Å²) in [5.74, 6) is 1.84. The van der Waals surface area contributed by atoms with Gasteiger partial charge in [-0.25, -0.2) is 0 Å². The topological polar surface area (TPSA) is 56.0 Å². The molecule has 1 fully saturated rings. The van der Waals surface area contributed by atoms with Crippen LogP contribution in [0.5, 0.6) is 0 Å². The van der Waals surface area contributed by atoms with Crippen LogP contribution in [0.3, 0.4) is 0 Å². The van der Waals surface area contributed by atoms with Crippen molar-refractivity contribution in [3.05, 3.63) is 11.7 Å². The summed E-state index contributed by atoms with van der Waals surface area (Å²) in [4.78, 5) is 16.1. The van der Waals surface area contributed by atoms with Gasteiger partial charge in [0.25, 0.3) is 0 Å². The van der Waals surface area contributed by atoms with Crippen LogP contribution >= 0.6 is 0 Å². The van der Waals surface area contributed by atoms with Gasteiger partial charge < -0.3 is 4.52 Å². The third-order valence-corrected chi connectivity index (χ3v) is 4.16. The van der Waals surface area contributed by atoms with Crippen molar-refractivity contribution < 1.29 is 9.32 Å². The average molecular weight is 264 g/mol. The molecule has 1 aliphatic carbocycles. The lowest BCUT2D eigenvalue weighted by Crippen LogP contribution is -2.20. The third kappa shape index (κ3) is 3.64. The van der Waals surface area contributed by atoms with E-state index in [0.717, 1.165) is 18.7 Å². The number of aromatic nitrogens is 2. The standard InChI is InChI=1S/C15H24N2O2/c1-10(2)12(18)9-13-16-14(17-19-13)11-5-7-15(3,4)8-6-11/h10-11H,5-9H2,1-4H3. The van der Waals surface area contributed by atoms with Crippen molar-refractivity contribution >= 4 is 5.78 Å². The molecule has 0 unspecified atom stereocenters. The lowest BCUT2D eigenvalue weighted by molar-refractivity contribution is -0.121. The molecule has 0 spiro atoms. The quantitative estimate of drug-likeness (QED) is 0.835. The molecule has 19 heavy (non-hydrogen) atoms. The van der Waals surface area contributed by atoms with E-state index in [1.807, 2.05) is 13.8 Å². The molecule has 0 radical (unpaired) electrons. The van der Waals surface area contributed by atoms with Crippen molar-refractivity contribution in [1.82, 2.24) is 10.1 Å². The summed E-state index contributed by atoms with van der Waals surface area (Å²) < 4.78 is 5.21. The molecule has 1 aromatic heterocycles. The van der Waals surface area contributed by atoms with Crippen molar-refractivity contribution in [2.24, 2.45) is 11.3 Å². The molecule has 1 aliphatic rings. The lowest BCUT2D eigenvalue weighted by Gasteiger charge is -2.32. The molecule has 0 N–H and O–H groups in total. The Kier molecular flexibility index (Phi) is 4.07. The van der Waals surface area contributed by atoms with Gasteiger partial charge in [-0.3, -0.25) is 4.79 Å². The number of Topliss-reactive ketones (excluding diaryl/α,β-unsaturated/α-hetero) is 1. The molecule has 1 heterocycles. The van der Waals surface area contributed by atoms with E-state index >= 15 is 0 Å². The molecule has 0 atom stereocenters. The summed E-state index contributed by atoms with van der Waals surface area (Å²) >= 11 is 0. The summed E-state index contributed by atoms with van der Waals surface area (Å²) in [7, 11) is 0. The van der Waals surface area contributed by atoms with Gasteiger partial charge >= 0.3 is 0 Å². The Bertz CT molecular complexity index is 439. The molecule has 106 valence electrons. The maximum atomic E-state index is 11.7. The van der Waals surface area contributed by atoms with Crippen LogP contribution in [-0.4, -0.2) is 15.9 Å². The minimum atomic E-state index is 0.0193. The number of nitrogens with zero attached hydrogens (tertiary/aromatic N) is 2. The Morgan fingerprint density at radius 1 is 1.37 bits per heavy atom. The van der Waals surface area contributed by atoms with E-state index in [-0.39, 0.29) is 18.1 Å². The highest BCUT2D eigenvalue weighted by Crippen LogP contribution is 2.41. The smallest absolute Gasteiger partial charge is 0.234 e. The van der Waals surface area contributed by atoms with Crippen LogP contribution in [0.4, 0.5) is 0 Å². The van der Waals surface area contributed by atoms with Crippen LogP contribution in [-0.2, 0) is 11.2 Å². The molecule has 0 aromatic carbocycles. The first-order valence-electron chi connectivity index (χ1n) is 7.22. The second-order valence-electron chi connectivity index (χ2n) is 6.78. The molecule has 0 aliphatic heterocycles. The molecular formula is C15H24N2O2. The van der Waals surface area contributed by atoms with Gasteiger partial charge in [0.2, 0.25) is 5.89 Å². The monoisotopic (exact) mass is 264 g/mol. The van der Waals surface area contributed by atoms with Crippen LogP contribution in [0.15, 0.2) is 4.52 Å². The zero-order valence-electron chi connectivity index (χ0n) is 12.4. The average Bonchev–Trinajstić information content (AvgIpc) is 2.77. The van der Waals surface area contributed by atoms with Crippen molar-refractivity contribution in [1.29, 1.82) is 0 Å². The van der Waals surface area contributed by atoms with Crippen LogP contribution in [0, 0.1) is 11.3 Å². The largest absolute Gasteiger partial charge is 0.339 e. The Labute approximate surface area is 115 Å². The summed E-state index contributed by atoms with van der Waals surface area (Å²) in [6, 6.07) is 0. The van der Waals surface area contributed by atoms with Gasteiger partial charge in [-0.05, 0) is 31.1 Å². The highest BCUT2D eigenvalue weighted by molar-refractivity contribution is 5.81. The van der Waals surface area contributed by atoms with Crippen molar-refractivity contribution in [2.45, 2.75) is 65.7 Å². The molecule has 0 bridgehead atoms. The molecule has 0 saturated heterocycles. The number of hydrogen-bond donors (Lipinski definition) is 0. The number of carbonyl (C=O) groups excluding carboxylic acids is 1. The van der Waals surface area contributed by atoms with Gasteiger partial charge in [0, 0.05) is 11.8 Å². The Morgan fingerprint density at radius 3 is 2.58 bits per heavy atom. The molecule has 1 aromatic rings. The van der Waals surface area contributed by atoms with Gasteiger partial charge in [0.05, 0.1) is 6.42 Å². The molecular weight excluding hydrogens is 240 g/mol. The van der Waals surface area contributed by atoms with Crippen molar-refractivity contribution in [3.8, 4) is 0 Å². The summed E-state index contributed by atoms with van der Waals surface area (Å²) in [5, 5.41) is 4.06. The predicted molar refractivity (Wildman–Crippen MR) is 72.8 cm³/mol. The number of carbonyl (C=O) groups is 1. The molecule has 4 nitrogen and oxygen atoms in total. The Balaban J connectivity index is 1.96. The second-order valence-corrected chi connectivity index (χ2v) is 6.78. The normalized spacial score (nSPS) is 19.8. The fraction of sp³-hybridized carbons (Fsp3) is 0.800. The van der Waals surface area contributed by atoms with Gasteiger partial charge in [0.15, 0.2) is 5.82 Å². The first-order chi connectivity index (χ1) is 8.87. The van der Waals surface area contributed by atoms with Crippen LogP contribution < -0.4 is 0 Å². The Hall–Kier alpha value is -1.19. The summed E-state index contributed by atoms with van der Waals surface area (Å²) in [6.45, 7) is 8.41. The SMILES string of the molecule is CC(C)C(=O)Cc1nc(C2CCC(C)(C)CC2)no1. The zero-order valence-corrected chi connectivity index (χ0v) is 12.4. The van der Waals surface area contributed by atoms with E-state index in [1.54, 1.807) is 0 Å². The van der Waals surface area contributed by atoms with Crippen molar-refractivity contribution in [2.75, 3.05) is 0 Å². The van der Waals surface area contributed by atoms with E-state index in [2.05, 4.69) is 24.0 Å². The molecule has 1 saturated carbocycles. The van der Waals surface area contributed by atoms with Gasteiger partial charge in [0.1, 0.15) is 5.78 Å². The van der Waals surface area contributed by atoms with E-state index in [0.29, 0.717) is 17.2 Å². The zero-order chi connectivity index (χ0) is 14.0. The lowest BCUT2D eigenvalue weighted by atomic mass is 9.73. The van der Waals surface area contributed by atoms with E-state index in [4.69, 9.17) is 4.52 Å². The maximum absolute atomic E-state index is 11.7. The Morgan fingerprint density at radius 2 is 2.00 bits per heavy atom. The number of ketones is 1.